The minimum Gasteiger partial charge on any atom is -0.471 e. The van der Waals surface area contributed by atoms with E-state index in [9.17, 15) is 0 Å². The third-order valence-corrected chi connectivity index (χ3v) is 1.45. The number of methoxy groups -OCH3 is 1. The van der Waals surface area contributed by atoms with E-state index < -0.39 is 0 Å². The Hall–Kier alpha value is -1.71. The number of carbonyl (C=O) groups is 1. The fraction of sp³-hybridized carbons (Fsp3) is 0.222. The van der Waals surface area contributed by atoms with Crippen LogP contribution >= 0.6 is 0 Å². The number of hydrogen-bond donors (Lipinski definition) is 2. The van der Waals surface area contributed by atoms with Gasteiger partial charge in [-0.1, -0.05) is 12.1 Å². The number of para-hydroxylation sites is 1. The highest BCUT2D eigenvalue weighted by atomic mass is 16.5. The predicted octanol–water partition coefficient (Wildman–Crippen LogP) is 0.949. The van der Waals surface area contributed by atoms with Crippen LogP contribution in [0, 0.1) is 6.92 Å². The molecule has 0 aliphatic carbocycles. The summed E-state index contributed by atoms with van der Waals surface area (Å²) in [4.78, 5) is 8.95. The molecule has 0 radical (unpaired) electrons. The summed E-state index contributed by atoms with van der Waals surface area (Å²) in [5, 5.41) is 0. The zero-order valence-corrected chi connectivity index (χ0v) is 7.78. The lowest BCUT2D eigenvalue weighted by molar-refractivity contribution is -0.126. The topological polar surface area (TPSA) is 78.3 Å². The number of nitrogen functional groups attached to an aromatic ring is 2. The molecule has 0 saturated carbocycles. The van der Waals surface area contributed by atoms with Gasteiger partial charge in [0.05, 0.1) is 18.5 Å². The molecule has 1 rings (SSSR count). The van der Waals surface area contributed by atoms with Crippen LogP contribution in [0.2, 0.25) is 0 Å². The normalized spacial score (nSPS) is 8.15. The molecule has 0 bridgehead atoms. The zero-order chi connectivity index (χ0) is 10.3. The first-order chi connectivity index (χ1) is 6.13. The molecule has 1 aromatic rings. The van der Waals surface area contributed by atoms with E-state index in [1.807, 2.05) is 19.1 Å². The summed E-state index contributed by atoms with van der Waals surface area (Å²) in [5.41, 5.74) is 13.4. The summed E-state index contributed by atoms with van der Waals surface area (Å²) < 4.78 is 3.86. The minimum atomic E-state index is 0.375. The highest BCUT2D eigenvalue weighted by molar-refractivity contribution is 5.66. The van der Waals surface area contributed by atoms with E-state index in [1.54, 1.807) is 6.07 Å². The Labute approximate surface area is 77.5 Å². The van der Waals surface area contributed by atoms with Crippen molar-refractivity contribution in [2.45, 2.75) is 6.92 Å². The van der Waals surface area contributed by atoms with Crippen molar-refractivity contribution in [3.8, 4) is 0 Å². The first-order valence-electron chi connectivity index (χ1n) is 3.70. The Morgan fingerprint density at radius 1 is 1.38 bits per heavy atom. The molecule has 4 N–H and O–H groups in total. The number of nitrogens with two attached hydrogens (primary N) is 2. The van der Waals surface area contributed by atoms with Gasteiger partial charge in [0.2, 0.25) is 0 Å². The van der Waals surface area contributed by atoms with Gasteiger partial charge in [-0.25, -0.2) is 0 Å². The quantitative estimate of drug-likeness (QED) is 0.500. The molecule has 0 spiro atoms. The Balaban J connectivity index is 0.000000310. The van der Waals surface area contributed by atoms with Gasteiger partial charge >= 0.3 is 0 Å². The maximum atomic E-state index is 8.95. The summed E-state index contributed by atoms with van der Waals surface area (Å²) in [5.74, 6) is 0. The highest BCUT2D eigenvalue weighted by Crippen LogP contribution is 2.17. The number of anilines is 2. The third-order valence-electron chi connectivity index (χ3n) is 1.45. The second kappa shape index (κ2) is 5.88. The lowest BCUT2D eigenvalue weighted by Gasteiger charge is -2.00. The summed E-state index contributed by atoms with van der Waals surface area (Å²) in [6.07, 6.45) is 0. The average molecular weight is 182 g/mol. The number of carbonyl (C=O) groups excluding carboxylic acids is 1. The summed E-state index contributed by atoms with van der Waals surface area (Å²) in [6.45, 7) is 2.31. The summed E-state index contributed by atoms with van der Waals surface area (Å²) in [6, 6.07) is 5.62. The smallest absolute Gasteiger partial charge is 0.292 e. The highest BCUT2D eigenvalue weighted by Gasteiger charge is 1.93. The molecule has 4 heteroatoms. The molecular weight excluding hydrogens is 168 g/mol. The van der Waals surface area contributed by atoms with Crippen molar-refractivity contribution in [1.29, 1.82) is 0 Å². The van der Waals surface area contributed by atoms with Crippen LogP contribution in [0.1, 0.15) is 5.56 Å². The number of rotatable bonds is 1. The van der Waals surface area contributed by atoms with Crippen molar-refractivity contribution in [1.82, 2.24) is 0 Å². The van der Waals surface area contributed by atoms with Gasteiger partial charge in [0.25, 0.3) is 6.47 Å². The van der Waals surface area contributed by atoms with E-state index >= 15 is 0 Å². The van der Waals surface area contributed by atoms with Crippen molar-refractivity contribution in [3.63, 3.8) is 0 Å². The van der Waals surface area contributed by atoms with Crippen molar-refractivity contribution in [2.24, 2.45) is 0 Å². The van der Waals surface area contributed by atoms with Gasteiger partial charge in [0.15, 0.2) is 0 Å². The molecule has 0 aromatic heterocycles. The number of ether oxygens (including phenoxy) is 1. The van der Waals surface area contributed by atoms with Gasteiger partial charge in [-0.05, 0) is 18.6 Å². The fourth-order valence-electron chi connectivity index (χ4n) is 0.703. The van der Waals surface area contributed by atoms with Crippen molar-refractivity contribution < 1.29 is 9.53 Å². The molecular formula is C9H14N2O2. The molecule has 0 atom stereocenters. The fourth-order valence-corrected chi connectivity index (χ4v) is 0.703. The van der Waals surface area contributed by atoms with Gasteiger partial charge < -0.3 is 16.2 Å². The second-order valence-corrected chi connectivity index (χ2v) is 2.41. The third kappa shape index (κ3) is 4.00. The van der Waals surface area contributed by atoms with Gasteiger partial charge in [-0.3, -0.25) is 4.79 Å². The Morgan fingerprint density at radius 2 is 1.92 bits per heavy atom. The summed E-state index contributed by atoms with van der Waals surface area (Å²) >= 11 is 0. The maximum absolute atomic E-state index is 8.95. The minimum absolute atomic E-state index is 0.375. The molecule has 0 fully saturated rings. The average Bonchev–Trinajstić information content (AvgIpc) is 2.14. The van der Waals surface area contributed by atoms with Crippen LogP contribution in [0.25, 0.3) is 0 Å². The monoisotopic (exact) mass is 182 g/mol. The molecule has 72 valence electrons. The lowest BCUT2D eigenvalue weighted by Crippen LogP contribution is -1.95. The molecule has 0 aliphatic heterocycles. The molecule has 4 nitrogen and oxygen atoms in total. The van der Waals surface area contributed by atoms with E-state index in [0.29, 0.717) is 17.8 Å². The van der Waals surface area contributed by atoms with Crippen molar-refractivity contribution in [3.05, 3.63) is 23.8 Å². The molecule has 0 saturated heterocycles. The van der Waals surface area contributed by atoms with E-state index in [2.05, 4.69) is 4.74 Å². The number of aryl methyl sites for hydroxylation is 1. The number of hydrogen-bond acceptors (Lipinski definition) is 4. The van der Waals surface area contributed by atoms with Gasteiger partial charge in [0, 0.05) is 0 Å². The van der Waals surface area contributed by atoms with E-state index in [-0.39, 0.29) is 0 Å². The first kappa shape index (κ1) is 11.3. The predicted molar refractivity (Wildman–Crippen MR) is 53.1 cm³/mol. The van der Waals surface area contributed by atoms with Crippen LogP contribution in [0.4, 0.5) is 11.4 Å². The van der Waals surface area contributed by atoms with E-state index in [4.69, 9.17) is 16.3 Å². The Morgan fingerprint density at radius 3 is 2.23 bits per heavy atom. The molecule has 0 aliphatic rings. The molecule has 0 unspecified atom stereocenters. The Kier molecular flexibility index (Phi) is 5.11. The second-order valence-electron chi connectivity index (χ2n) is 2.41. The van der Waals surface area contributed by atoms with Crippen LogP contribution in [0.5, 0.6) is 0 Å². The van der Waals surface area contributed by atoms with E-state index in [0.717, 1.165) is 5.56 Å². The Bertz CT molecular complexity index is 254. The van der Waals surface area contributed by atoms with Gasteiger partial charge in [-0.2, -0.15) is 0 Å². The van der Waals surface area contributed by atoms with Gasteiger partial charge in [0.1, 0.15) is 0 Å². The van der Waals surface area contributed by atoms with Crippen LogP contribution in [0.3, 0.4) is 0 Å². The SMILES string of the molecule is COC=O.Cc1cccc(N)c1N. The van der Waals surface area contributed by atoms with Crippen LogP contribution < -0.4 is 11.5 Å². The maximum Gasteiger partial charge on any atom is 0.292 e. The van der Waals surface area contributed by atoms with Gasteiger partial charge in [-0.15, -0.1) is 0 Å². The van der Waals surface area contributed by atoms with Crippen LogP contribution in [0.15, 0.2) is 18.2 Å². The lowest BCUT2D eigenvalue weighted by atomic mass is 10.2. The largest absolute Gasteiger partial charge is 0.471 e. The standard InChI is InChI=1S/C7H10N2.C2H4O2/c1-5-3-2-4-6(8)7(5)9;1-4-2-3/h2-4H,8-9H2,1H3;2H,1H3. The molecule has 13 heavy (non-hydrogen) atoms. The van der Waals surface area contributed by atoms with E-state index in [1.165, 1.54) is 7.11 Å². The van der Waals surface area contributed by atoms with Crippen LogP contribution in [-0.4, -0.2) is 13.6 Å². The molecule has 0 amide bonds. The number of benzene rings is 1. The van der Waals surface area contributed by atoms with Crippen molar-refractivity contribution in [2.75, 3.05) is 18.6 Å². The summed E-state index contributed by atoms with van der Waals surface area (Å²) in [7, 11) is 1.31. The molecule has 1 aromatic carbocycles. The van der Waals surface area contributed by atoms with Crippen molar-refractivity contribution >= 4 is 17.8 Å². The molecule has 0 heterocycles. The van der Waals surface area contributed by atoms with Crippen LogP contribution in [-0.2, 0) is 9.53 Å². The first-order valence-corrected chi connectivity index (χ1v) is 3.70. The zero-order valence-electron chi connectivity index (χ0n) is 7.78.